The molecule has 2 aromatic rings. The summed E-state index contributed by atoms with van der Waals surface area (Å²) in [6, 6.07) is 3.61. The number of phenols is 2. The number of hydrogen-bond acceptors (Lipinski definition) is 12. The van der Waals surface area contributed by atoms with E-state index in [0.29, 0.717) is 29.6 Å². The van der Waals surface area contributed by atoms with E-state index in [1.165, 1.54) is 43.1 Å². The second-order valence-corrected chi connectivity index (χ2v) is 13.8. The number of β-lactam (4-membered cyclic amide) rings is 1. The Hall–Kier alpha value is -4.61. The van der Waals surface area contributed by atoms with Gasteiger partial charge in [-0.1, -0.05) is 17.3 Å². The molecule has 2 aliphatic heterocycles. The Kier molecular flexibility index (Phi) is 9.98. The Labute approximate surface area is 272 Å². The molecule has 1 saturated heterocycles. The molecule has 15 nitrogen and oxygen atoms in total. The number of quaternary nitrogens is 1. The van der Waals surface area contributed by atoms with Crippen molar-refractivity contribution in [1.82, 2.24) is 15.2 Å². The predicted molar refractivity (Wildman–Crippen MR) is 170 cm³/mol. The highest BCUT2D eigenvalue weighted by molar-refractivity contribution is 8.00. The number of carboxylic acids is 2. The number of likely N-dealkylation sites (N-methyl/N-ethyl adjacent to an activating group) is 1. The molecular formula is C29H35N6O9S2+. The number of carboxylic acid groups (broad SMARTS) is 2. The van der Waals surface area contributed by atoms with Gasteiger partial charge in [-0.15, -0.1) is 23.1 Å². The number of thiazole rings is 1. The van der Waals surface area contributed by atoms with Crippen molar-refractivity contribution in [3.8, 4) is 11.5 Å². The lowest BCUT2D eigenvalue weighted by atomic mass is 10.0. The Bertz CT molecular complexity index is 1650. The minimum Gasteiger partial charge on any atom is -0.504 e. The predicted octanol–water partition coefficient (Wildman–Crippen LogP) is 1.33. The number of nitrogen functional groups attached to an aromatic ring is 1. The number of fused-ring (bicyclic) bond motifs is 1. The molecule has 2 atom stereocenters. The van der Waals surface area contributed by atoms with Crippen LogP contribution >= 0.6 is 23.1 Å². The highest BCUT2D eigenvalue weighted by Gasteiger charge is 2.54. The summed E-state index contributed by atoms with van der Waals surface area (Å²) in [6.45, 7) is 3.72. The van der Waals surface area contributed by atoms with Crippen molar-refractivity contribution < 1.29 is 48.9 Å². The Morgan fingerprint density at radius 2 is 1.96 bits per heavy atom. The van der Waals surface area contributed by atoms with Gasteiger partial charge in [-0.25, -0.2) is 14.6 Å². The van der Waals surface area contributed by atoms with Gasteiger partial charge in [0.05, 0.1) is 27.2 Å². The average Bonchev–Trinajstić information content (AvgIpc) is 3.41. The number of carbonyl (C=O) groups is 4. The van der Waals surface area contributed by atoms with Crippen LogP contribution in [0.25, 0.3) is 0 Å². The van der Waals surface area contributed by atoms with Crippen LogP contribution in [0.5, 0.6) is 11.5 Å². The summed E-state index contributed by atoms with van der Waals surface area (Å²) < 4.78 is 0.544. The third-order valence-electron chi connectivity index (χ3n) is 7.31. The topological polar surface area (TPSA) is 225 Å². The number of anilines is 1. The molecule has 17 heteroatoms. The number of allylic oxidation sites excluding steroid dienone is 1. The number of oxime groups is 1. The lowest BCUT2D eigenvalue weighted by Gasteiger charge is -2.49. The summed E-state index contributed by atoms with van der Waals surface area (Å²) in [4.78, 5) is 60.5. The van der Waals surface area contributed by atoms with Crippen LogP contribution in [-0.2, 0) is 30.4 Å². The number of nitrogens with two attached hydrogens (primary N) is 1. The van der Waals surface area contributed by atoms with E-state index in [1.807, 2.05) is 20.2 Å². The zero-order valence-corrected chi connectivity index (χ0v) is 27.1. The summed E-state index contributed by atoms with van der Waals surface area (Å²) >= 11 is 2.30. The molecule has 3 heterocycles. The summed E-state index contributed by atoms with van der Waals surface area (Å²) in [5.74, 6) is -4.22. The number of aromatic nitrogens is 1. The number of benzene rings is 1. The summed E-state index contributed by atoms with van der Waals surface area (Å²) in [5.41, 5.74) is 4.68. The Balaban J connectivity index is 1.45. The molecule has 46 heavy (non-hydrogen) atoms. The number of phenolic OH excluding ortho intramolecular Hbond substituents is 2. The molecule has 4 rings (SSSR count). The quantitative estimate of drug-likeness (QED) is 0.0582. The number of aromatic hydroxyl groups is 2. The molecule has 2 aliphatic rings. The maximum absolute atomic E-state index is 13.3. The third-order valence-corrected chi connectivity index (χ3v) is 9.29. The Morgan fingerprint density at radius 1 is 1.24 bits per heavy atom. The van der Waals surface area contributed by atoms with Gasteiger partial charge >= 0.3 is 11.9 Å². The van der Waals surface area contributed by atoms with E-state index >= 15 is 0 Å². The largest absolute Gasteiger partial charge is 0.504 e. The fourth-order valence-electron chi connectivity index (χ4n) is 4.51. The van der Waals surface area contributed by atoms with Gasteiger partial charge < -0.3 is 40.8 Å². The van der Waals surface area contributed by atoms with Crippen molar-refractivity contribution in [2.45, 2.75) is 37.3 Å². The van der Waals surface area contributed by atoms with E-state index in [0.717, 1.165) is 21.8 Å². The van der Waals surface area contributed by atoms with E-state index in [9.17, 15) is 39.6 Å². The van der Waals surface area contributed by atoms with E-state index in [-0.39, 0.29) is 33.8 Å². The van der Waals surface area contributed by atoms with E-state index in [2.05, 4.69) is 15.5 Å². The van der Waals surface area contributed by atoms with Crippen LogP contribution < -0.4 is 11.1 Å². The highest BCUT2D eigenvalue weighted by Crippen LogP contribution is 2.40. The van der Waals surface area contributed by atoms with Crippen molar-refractivity contribution in [1.29, 1.82) is 0 Å². The number of aliphatic carboxylic acids is 2. The van der Waals surface area contributed by atoms with Gasteiger partial charge in [0, 0.05) is 17.6 Å². The van der Waals surface area contributed by atoms with Crippen molar-refractivity contribution >= 4 is 57.7 Å². The minimum atomic E-state index is -1.77. The maximum atomic E-state index is 13.3. The molecule has 0 aliphatic carbocycles. The minimum absolute atomic E-state index is 0.0159. The number of hydrogen-bond donors (Lipinski definition) is 6. The van der Waals surface area contributed by atoms with Gasteiger partial charge in [0.1, 0.15) is 22.8 Å². The molecule has 0 radical (unpaired) electrons. The van der Waals surface area contributed by atoms with Crippen LogP contribution in [-0.4, -0.2) is 114 Å². The first-order valence-corrected chi connectivity index (χ1v) is 15.9. The zero-order chi connectivity index (χ0) is 34.0. The zero-order valence-electron chi connectivity index (χ0n) is 25.5. The van der Waals surface area contributed by atoms with Gasteiger partial charge in [-0.05, 0) is 43.2 Å². The molecule has 2 amide bonds. The first-order valence-electron chi connectivity index (χ1n) is 13.9. The molecule has 1 aromatic heterocycles. The lowest BCUT2D eigenvalue weighted by Crippen LogP contribution is -2.71. The number of thioether (sulfide) groups is 1. The molecule has 0 bridgehead atoms. The second kappa shape index (κ2) is 13.4. The number of rotatable bonds is 13. The molecule has 1 fully saturated rings. The summed E-state index contributed by atoms with van der Waals surface area (Å²) in [7, 11) is 4.00. The molecule has 0 saturated carbocycles. The molecule has 1 unspecified atom stereocenters. The fourth-order valence-corrected chi connectivity index (χ4v) is 6.37. The van der Waals surface area contributed by atoms with Gasteiger partial charge in [0.2, 0.25) is 5.60 Å². The number of carbonyl (C=O) groups excluding carboxylic acids is 2. The van der Waals surface area contributed by atoms with Gasteiger partial charge in [-0.2, -0.15) is 0 Å². The molecular weight excluding hydrogens is 640 g/mol. The second-order valence-electron chi connectivity index (χ2n) is 11.8. The van der Waals surface area contributed by atoms with Crippen LogP contribution in [0.3, 0.4) is 0 Å². The third kappa shape index (κ3) is 7.60. The van der Waals surface area contributed by atoms with Crippen LogP contribution in [0.2, 0.25) is 0 Å². The number of nitrogens with one attached hydrogen (secondary N) is 1. The molecule has 246 valence electrons. The van der Waals surface area contributed by atoms with Crippen LogP contribution in [0, 0.1) is 0 Å². The van der Waals surface area contributed by atoms with Gasteiger partial charge in [0.15, 0.2) is 22.3 Å². The molecule has 7 N–H and O–H groups in total. The summed E-state index contributed by atoms with van der Waals surface area (Å²) in [5, 5.41) is 45.8. The fraction of sp³-hybridized carbons (Fsp3) is 0.379. The smallest absolute Gasteiger partial charge is 0.352 e. The maximum Gasteiger partial charge on any atom is 0.352 e. The van der Waals surface area contributed by atoms with Crippen molar-refractivity contribution in [2.24, 2.45) is 5.16 Å². The van der Waals surface area contributed by atoms with E-state index < -0.39 is 46.5 Å². The van der Waals surface area contributed by atoms with Crippen molar-refractivity contribution in [2.75, 3.05) is 38.7 Å². The standard InChI is InChI=1S/C29H34N6O9S2/c1-29(2,27(42)43)44-33-20(17-14-46-28(30)31-17)23(38)32-21-24(39)34-22(26(40)41)16(13-45-25(21)34)6-5-10-35(3,4)11-9-15-7-8-18(36)19(37)12-15/h5-8,12,14,21,25H,9-11,13H2,1-4H3,(H6-,30,31,32,33,36,37,38,40,41,42,43)/p+1/b6-5+/t21?,25-/m1/s1. The SMILES string of the molecule is CC(C)(O/N=C(\C(=O)NC1C(=O)N2C(C(=O)O)=C(/C=C/C[N+](C)(C)CCc3ccc(O)c(O)c3)CS[C@H]12)c1csc(N)n1)C(=O)O. The van der Waals surface area contributed by atoms with Crippen LogP contribution in [0.1, 0.15) is 25.1 Å². The van der Waals surface area contributed by atoms with Gasteiger partial charge in [0.25, 0.3) is 11.8 Å². The first-order chi connectivity index (χ1) is 21.5. The normalized spacial score (nSPS) is 18.7. The van der Waals surface area contributed by atoms with Gasteiger partial charge in [-0.3, -0.25) is 14.5 Å². The molecule has 0 spiro atoms. The monoisotopic (exact) mass is 675 g/mol. The Morgan fingerprint density at radius 3 is 2.57 bits per heavy atom. The summed E-state index contributed by atoms with van der Waals surface area (Å²) in [6.07, 6.45) is 4.17. The van der Waals surface area contributed by atoms with Crippen molar-refractivity contribution in [3.63, 3.8) is 0 Å². The lowest BCUT2D eigenvalue weighted by molar-refractivity contribution is -0.884. The number of amides is 2. The van der Waals surface area contributed by atoms with E-state index in [1.54, 1.807) is 12.1 Å². The van der Waals surface area contributed by atoms with Crippen LogP contribution in [0.15, 0.2) is 52.2 Å². The number of nitrogens with zero attached hydrogens (tertiary/aromatic N) is 4. The average molecular weight is 676 g/mol. The highest BCUT2D eigenvalue weighted by atomic mass is 32.2. The van der Waals surface area contributed by atoms with Crippen LogP contribution in [0.4, 0.5) is 5.13 Å². The van der Waals surface area contributed by atoms with Crippen molar-refractivity contribution in [3.05, 3.63) is 58.3 Å². The first kappa shape index (κ1) is 34.3. The van der Waals surface area contributed by atoms with E-state index in [4.69, 9.17) is 10.6 Å². The molecule has 1 aromatic carbocycles.